The van der Waals surface area contributed by atoms with Crippen molar-refractivity contribution in [1.82, 2.24) is 4.90 Å². The van der Waals surface area contributed by atoms with E-state index < -0.39 is 10.0 Å². The van der Waals surface area contributed by atoms with E-state index in [9.17, 15) is 18.0 Å². The number of carbonyl (C=O) groups is 2. The Balaban J connectivity index is 1.33. The summed E-state index contributed by atoms with van der Waals surface area (Å²) >= 11 is 0. The summed E-state index contributed by atoms with van der Waals surface area (Å²) in [6.07, 6.45) is 1.82. The van der Waals surface area contributed by atoms with Gasteiger partial charge in [0.05, 0.1) is 17.2 Å². The lowest BCUT2D eigenvalue weighted by Crippen LogP contribution is -2.44. The average Bonchev–Trinajstić information content (AvgIpc) is 2.86. The number of benzene rings is 3. The quantitative estimate of drug-likeness (QED) is 0.517. The number of sulfonamides is 1. The largest absolute Gasteiger partial charge is 0.342 e. The average molecular weight is 492 g/mol. The van der Waals surface area contributed by atoms with E-state index in [1.54, 1.807) is 53.4 Å². The van der Waals surface area contributed by atoms with Gasteiger partial charge in [-0.2, -0.15) is 0 Å². The first-order chi connectivity index (χ1) is 16.8. The number of hydrogen-bond acceptors (Lipinski definition) is 4. The number of amides is 2. The zero-order valence-electron chi connectivity index (χ0n) is 19.6. The maximum Gasteiger partial charge on any atom is 0.261 e. The van der Waals surface area contributed by atoms with Crippen molar-refractivity contribution in [3.8, 4) is 0 Å². The van der Waals surface area contributed by atoms with Crippen LogP contribution in [-0.2, 0) is 26.0 Å². The molecule has 1 heterocycles. The first kappa shape index (κ1) is 24.5. The van der Waals surface area contributed by atoms with E-state index in [0.29, 0.717) is 30.9 Å². The highest BCUT2D eigenvalue weighted by atomic mass is 32.2. The minimum atomic E-state index is -3.69. The molecule has 7 nitrogen and oxygen atoms in total. The summed E-state index contributed by atoms with van der Waals surface area (Å²) in [5, 5.41) is 2.89. The third kappa shape index (κ3) is 6.48. The Morgan fingerprint density at radius 3 is 2.26 bits per heavy atom. The monoisotopic (exact) mass is 491 g/mol. The number of likely N-dealkylation sites (tertiary alicyclic amines) is 1. The molecule has 1 aliphatic rings. The molecule has 2 amide bonds. The van der Waals surface area contributed by atoms with Crippen LogP contribution in [0.1, 0.15) is 24.0 Å². The van der Waals surface area contributed by atoms with Crippen molar-refractivity contribution >= 4 is 33.2 Å². The van der Waals surface area contributed by atoms with Crippen LogP contribution in [0.5, 0.6) is 0 Å². The normalized spacial score (nSPS) is 15.9. The molecule has 4 rings (SSSR count). The van der Waals surface area contributed by atoms with Gasteiger partial charge >= 0.3 is 0 Å². The second-order valence-electron chi connectivity index (χ2n) is 8.83. The summed E-state index contributed by atoms with van der Waals surface area (Å²) in [5.74, 6) is -0.405. The van der Waals surface area contributed by atoms with Crippen molar-refractivity contribution in [3.63, 3.8) is 0 Å². The van der Waals surface area contributed by atoms with E-state index in [4.69, 9.17) is 0 Å². The van der Waals surface area contributed by atoms with Gasteiger partial charge in [-0.15, -0.1) is 0 Å². The molecule has 8 heteroatoms. The van der Waals surface area contributed by atoms with Crippen LogP contribution in [0.2, 0.25) is 0 Å². The Kier molecular flexibility index (Phi) is 7.51. The van der Waals surface area contributed by atoms with Gasteiger partial charge in [-0.3, -0.25) is 14.3 Å². The molecular formula is C27H29N3O4S. The number of anilines is 2. The van der Waals surface area contributed by atoms with Gasteiger partial charge in [0.1, 0.15) is 0 Å². The van der Waals surface area contributed by atoms with Gasteiger partial charge in [-0.1, -0.05) is 48.0 Å². The van der Waals surface area contributed by atoms with E-state index in [-0.39, 0.29) is 22.6 Å². The summed E-state index contributed by atoms with van der Waals surface area (Å²) in [6.45, 7) is 2.95. The van der Waals surface area contributed by atoms with Crippen molar-refractivity contribution in [2.75, 3.05) is 23.1 Å². The Morgan fingerprint density at radius 1 is 0.914 bits per heavy atom. The molecule has 0 spiro atoms. The van der Waals surface area contributed by atoms with Crippen molar-refractivity contribution in [1.29, 1.82) is 0 Å². The van der Waals surface area contributed by atoms with Crippen LogP contribution >= 0.6 is 0 Å². The lowest BCUT2D eigenvalue weighted by molar-refractivity contribution is -0.133. The lowest BCUT2D eigenvalue weighted by atomic mass is 9.96. The topological polar surface area (TPSA) is 95.6 Å². The summed E-state index contributed by atoms with van der Waals surface area (Å²) < 4.78 is 27.7. The van der Waals surface area contributed by atoms with E-state index in [1.807, 2.05) is 37.3 Å². The van der Waals surface area contributed by atoms with E-state index in [0.717, 1.165) is 24.0 Å². The number of rotatable bonds is 7. The zero-order chi connectivity index (χ0) is 24.8. The van der Waals surface area contributed by atoms with Crippen LogP contribution in [-0.4, -0.2) is 38.2 Å². The second-order valence-corrected chi connectivity index (χ2v) is 10.5. The minimum Gasteiger partial charge on any atom is -0.342 e. The van der Waals surface area contributed by atoms with Gasteiger partial charge < -0.3 is 10.2 Å². The first-order valence-corrected chi connectivity index (χ1v) is 13.1. The number of nitrogens with zero attached hydrogens (tertiary/aromatic N) is 1. The zero-order valence-corrected chi connectivity index (χ0v) is 20.4. The third-order valence-corrected chi connectivity index (χ3v) is 7.48. The van der Waals surface area contributed by atoms with E-state index in [1.165, 1.54) is 0 Å². The number of aryl methyl sites for hydroxylation is 1. The summed E-state index contributed by atoms with van der Waals surface area (Å²) in [5.41, 5.74) is 2.91. The first-order valence-electron chi connectivity index (χ1n) is 11.6. The van der Waals surface area contributed by atoms with Gasteiger partial charge in [0.25, 0.3) is 10.0 Å². The molecule has 1 aliphatic heterocycles. The molecule has 3 aromatic rings. The Labute approximate surface area is 206 Å². The second kappa shape index (κ2) is 10.7. The fourth-order valence-corrected chi connectivity index (χ4v) is 5.16. The number of piperidine rings is 1. The van der Waals surface area contributed by atoms with Gasteiger partial charge in [-0.25, -0.2) is 8.42 Å². The van der Waals surface area contributed by atoms with Gasteiger partial charge in [0.15, 0.2) is 0 Å². The number of nitrogens with one attached hydrogen (secondary N) is 2. The molecule has 3 aromatic carbocycles. The van der Waals surface area contributed by atoms with E-state index in [2.05, 4.69) is 10.0 Å². The molecule has 1 unspecified atom stereocenters. The summed E-state index contributed by atoms with van der Waals surface area (Å²) in [4.78, 5) is 27.5. The molecule has 182 valence electrons. The molecule has 1 atom stereocenters. The Bertz CT molecular complexity index is 1270. The molecule has 0 saturated carbocycles. The maximum atomic E-state index is 12.9. The van der Waals surface area contributed by atoms with Crippen molar-refractivity contribution < 1.29 is 18.0 Å². The molecular weight excluding hydrogens is 462 g/mol. The van der Waals surface area contributed by atoms with Crippen LogP contribution in [0.25, 0.3) is 0 Å². The predicted molar refractivity (Wildman–Crippen MR) is 137 cm³/mol. The maximum absolute atomic E-state index is 12.9. The number of hydrogen-bond donors (Lipinski definition) is 2. The minimum absolute atomic E-state index is 0.0268. The lowest BCUT2D eigenvalue weighted by Gasteiger charge is -2.32. The smallest absolute Gasteiger partial charge is 0.261 e. The summed E-state index contributed by atoms with van der Waals surface area (Å²) in [6, 6.07) is 22.7. The van der Waals surface area contributed by atoms with Gasteiger partial charge in [0, 0.05) is 24.5 Å². The van der Waals surface area contributed by atoms with Crippen LogP contribution in [0.3, 0.4) is 0 Å². The standard InChI is InChI=1S/C27H29N3O4S/c1-20-9-15-25(16-10-20)35(33,34)29-24-13-11-23(12-14-24)28-27(32)22-8-5-17-30(19-22)26(31)18-21-6-3-2-4-7-21/h2-4,6-7,9-16,22,29H,5,8,17-19H2,1H3,(H,28,32). The highest BCUT2D eigenvalue weighted by molar-refractivity contribution is 7.92. The van der Waals surface area contributed by atoms with Crippen LogP contribution < -0.4 is 10.0 Å². The fourth-order valence-electron chi connectivity index (χ4n) is 4.10. The van der Waals surface area contributed by atoms with E-state index >= 15 is 0 Å². The van der Waals surface area contributed by atoms with Crippen molar-refractivity contribution in [2.45, 2.75) is 31.1 Å². The fraction of sp³-hybridized carbons (Fsp3) is 0.259. The predicted octanol–water partition coefficient (Wildman–Crippen LogP) is 4.22. The Hall–Kier alpha value is -3.65. The SMILES string of the molecule is Cc1ccc(S(=O)(=O)Nc2ccc(NC(=O)C3CCCN(C(=O)Cc4ccccc4)C3)cc2)cc1. The van der Waals surface area contributed by atoms with Gasteiger partial charge in [-0.05, 0) is 61.7 Å². The third-order valence-electron chi connectivity index (χ3n) is 6.08. The summed E-state index contributed by atoms with van der Waals surface area (Å²) in [7, 11) is -3.69. The van der Waals surface area contributed by atoms with Gasteiger partial charge in [0.2, 0.25) is 11.8 Å². The Morgan fingerprint density at radius 2 is 1.57 bits per heavy atom. The molecule has 0 aromatic heterocycles. The van der Waals surface area contributed by atoms with Crippen LogP contribution in [0.4, 0.5) is 11.4 Å². The molecule has 0 radical (unpaired) electrons. The molecule has 2 N–H and O–H groups in total. The molecule has 1 fully saturated rings. The highest BCUT2D eigenvalue weighted by Gasteiger charge is 2.28. The molecule has 35 heavy (non-hydrogen) atoms. The van der Waals surface area contributed by atoms with Crippen LogP contribution in [0, 0.1) is 12.8 Å². The van der Waals surface area contributed by atoms with Crippen molar-refractivity contribution in [2.24, 2.45) is 5.92 Å². The highest BCUT2D eigenvalue weighted by Crippen LogP contribution is 2.22. The number of carbonyl (C=O) groups excluding carboxylic acids is 2. The molecule has 0 aliphatic carbocycles. The van der Waals surface area contributed by atoms with Crippen LogP contribution in [0.15, 0.2) is 83.8 Å². The van der Waals surface area contributed by atoms with Crippen molar-refractivity contribution in [3.05, 3.63) is 90.0 Å². The molecule has 1 saturated heterocycles. The molecule has 0 bridgehead atoms.